The van der Waals surface area contributed by atoms with E-state index in [9.17, 15) is 4.79 Å². The number of rotatable bonds is 6. The highest BCUT2D eigenvalue weighted by Crippen LogP contribution is 2.29. The molecule has 0 aromatic heterocycles. The van der Waals surface area contributed by atoms with Gasteiger partial charge in [-0.1, -0.05) is 38.1 Å². The molecule has 0 saturated heterocycles. The van der Waals surface area contributed by atoms with Gasteiger partial charge < -0.3 is 9.47 Å². The Balaban J connectivity index is 1.46. The van der Waals surface area contributed by atoms with Crippen LogP contribution in [0.1, 0.15) is 50.7 Å². The first-order valence-electron chi connectivity index (χ1n) is 9.74. The summed E-state index contributed by atoms with van der Waals surface area (Å²) in [5.74, 6) is 1.42. The topological polar surface area (TPSA) is 35.5 Å². The SMILES string of the molecule is CCc1ccc(OC(=O)C2CCC(Oc3ccc(CC)cc3)CC2)cc1. The van der Waals surface area contributed by atoms with Crippen LogP contribution in [0.3, 0.4) is 0 Å². The highest BCUT2D eigenvalue weighted by Gasteiger charge is 2.28. The average Bonchev–Trinajstić information content (AvgIpc) is 2.69. The molecule has 3 nitrogen and oxygen atoms in total. The van der Waals surface area contributed by atoms with E-state index in [1.807, 2.05) is 36.4 Å². The number of carbonyl (C=O) groups excluding carboxylic acids is 1. The van der Waals surface area contributed by atoms with Crippen LogP contribution >= 0.6 is 0 Å². The molecule has 0 spiro atoms. The lowest BCUT2D eigenvalue weighted by Gasteiger charge is -2.27. The van der Waals surface area contributed by atoms with E-state index in [2.05, 4.69) is 26.0 Å². The molecule has 0 amide bonds. The van der Waals surface area contributed by atoms with E-state index >= 15 is 0 Å². The number of hydrogen-bond acceptors (Lipinski definition) is 3. The number of esters is 1. The third-order valence-electron chi connectivity index (χ3n) is 5.19. The normalized spacial score (nSPS) is 19.8. The number of aryl methyl sites for hydroxylation is 2. The van der Waals surface area contributed by atoms with Gasteiger partial charge in [-0.3, -0.25) is 4.79 Å². The van der Waals surface area contributed by atoms with Gasteiger partial charge in [0.05, 0.1) is 12.0 Å². The Hall–Kier alpha value is -2.29. The van der Waals surface area contributed by atoms with Crippen LogP contribution < -0.4 is 9.47 Å². The molecule has 0 heterocycles. The number of ether oxygens (including phenoxy) is 2. The van der Waals surface area contributed by atoms with Gasteiger partial charge in [-0.2, -0.15) is 0 Å². The molecule has 1 saturated carbocycles. The van der Waals surface area contributed by atoms with Gasteiger partial charge in [0.25, 0.3) is 0 Å². The molecule has 1 fully saturated rings. The molecule has 0 unspecified atom stereocenters. The van der Waals surface area contributed by atoms with Crippen molar-refractivity contribution in [2.75, 3.05) is 0 Å². The van der Waals surface area contributed by atoms with E-state index < -0.39 is 0 Å². The Morgan fingerprint density at radius 1 is 0.808 bits per heavy atom. The van der Waals surface area contributed by atoms with Crippen molar-refractivity contribution in [2.24, 2.45) is 5.92 Å². The summed E-state index contributed by atoms with van der Waals surface area (Å²) in [6.45, 7) is 4.26. The van der Waals surface area contributed by atoms with E-state index in [1.165, 1.54) is 11.1 Å². The maximum atomic E-state index is 12.4. The first-order valence-corrected chi connectivity index (χ1v) is 9.74. The molecule has 1 aliphatic carbocycles. The molecule has 0 aliphatic heterocycles. The largest absolute Gasteiger partial charge is 0.490 e. The van der Waals surface area contributed by atoms with Crippen LogP contribution in [0.5, 0.6) is 11.5 Å². The smallest absolute Gasteiger partial charge is 0.314 e. The minimum absolute atomic E-state index is 0.0248. The Labute approximate surface area is 156 Å². The molecule has 138 valence electrons. The molecule has 0 atom stereocenters. The minimum Gasteiger partial charge on any atom is -0.490 e. The van der Waals surface area contributed by atoms with Crippen molar-refractivity contribution in [1.82, 2.24) is 0 Å². The Kier molecular flexibility index (Phi) is 6.32. The lowest BCUT2D eigenvalue weighted by Crippen LogP contribution is -2.30. The van der Waals surface area contributed by atoms with Gasteiger partial charge in [-0.25, -0.2) is 0 Å². The van der Waals surface area contributed by atoms with Crippen LogP contribution in [0.2, 0.25) is 0 Å². The number of benzene rings is 2. The predicted octanol–water partition coefficient (Wildman–Crippen LogP) is 5.35. The Bertz CT molecular complexity index is 695. The van der Waals surface area contributed by atoms with Crippen molar-refractivity contribution in [3.8, 4) is 11.5 Å². The highest BCUT2D eigenvalue weighted by molar-refractivity contribution is 5.75. The van der Waals surface area contributed by atoms with Crippen molar-refractivity contribution in [2.45, 2.75) is 58.5 Å². The lowest BCUT2D eigenvalue weighted by atomic mass is 9.87. The fourth-order valence-electron chi connectivity index (χ4n) is 3.41. The average molecular weight is 352 g/mol. The Morgan fingerprint density at radius 3 is 1.81 bits per heavy atom. The van der Waals surface area contributed by atoms with Crippen molar-refractivity contribution in [1.29, 1.82) is 0 Å². The molecule has 2 aromatic rings. The van der Waals surface area contributed by atoms with Crippen molar-refractivity contribution >= 4 is 5.97 Å². The zero-order valence-corrected chi connectivity index (χ0v) is 15.7. The summed E-state index contributed by atoms with van der Waals surface area (Å²) in [6, 6.07) is 16.1. The van der Waals surface area contributed by atoms with Crippen LogP contribution in [0.25, 0.3) is 0 Å². The fraction of sp³-hybridized carbons (Fsp3) is 0.435. The molecule has 3 rings (SSSR count). The van der Waals surface area contributed by atoms with E-state index in [4.69, 9.17) is 9.47 Å². The maximum Gasteiger partial charge on any atom is 0.314 e. The van der Waals surface area contributed by atoms with Gasteiger partial charge >= 0.3 is 5.97 Å². The zero-order valence-electron chi connectivity index (χ0n) is 15.7. The van der Waals surface area contributed by atoms with Gasteiger partial charge in [0.15, 0.2) is 0 Å². The van der Waals surface area contributed by atoms with Crippen LogP contribution in [0.15, 0.2) is 48.5 Å². The molecule has 3 heteroatoms. The van der Waals surface area contributed by atoms with Crippen LogP contribution in [0, 0.1) is 5.92 Å². The van der Waals surface area contributed by atoms with Gasteiger partial charge in [0, 0.05) is 0 Å². The second-order valence-corrected chi connectivity index (χ2v) is 7.01. The van der Waals surface area contributed by atoms with Gasteiger partial charge in [0.2, 0.25) is 0 Å². The summed E-state index contributed by atoms with van der Waals surface area (Å²) < 4.78 is 11.6. The summed E-state index contributed by atoms with van der Waals surface area (Å²) in [6.07, 6.45) is 5.64. The summed E-state index contributed by atoms with van der Waals surface area (Å²) in [4.78, 5) is 12.4. The van der Waals surface area contributed by atoms with Crippen molar-refractivity contribution in [3.63, 3.8) is 0 Å². The number of hydrogen-bond donors (Lipinski definition) is 0. The third kappa shape index (κ3) is 4.87. The molecule has 0 N–H and O–H groups in total. The van der Waals surface area contributed by atoms with E-state index in [1.54, 1.807) is 0 Å². The first-order chi connectivity index (χ1) is 12.7. The molecular weight excluding hydrogens is 324 g/mol. The molecule has 2 aromatic carbocycles. The van der Waals surface area contributed by atoms with E-state index in [-0.39, 0.29) is 18.0 Å². The van der Waals surface area contributed by atoms with Gasteiger partial charge in [-0.05, 0) is 73.9 Å². The van der Waals surface area contributed by atoms with Crippen LogP contribution in [-0.4, -0.2) is 12.1 Å². The lowest BCUT2D eigenvalue weighted by molar-refractivity contribution is -0.140. The summed E-state index contributed by atoms with van der Waals surface area (Å²) >= 11 is 0. The Morgan fingerprint density at radius 2 is 1.31 bits per heavy atom. The second kappa shape index (κ2) is 8.88. The van der Waals surface area contributed by atoms with Crippen molar-refractivity contribution < 1.29 is 14.3 Å². The van der Waals surface area contributed by atoms with Gasteiger partial charge in [0.1, 0.15) is 11.5 Å². The first kappa shape index (κ1) is 18.5. The second-order valence-electron chi connectivity index (χ2n) is 7.01. The highest BCUT2D eigenvalue weighted by atomic mass is 16.5. The van der Waals surface area contributed by atoms with Crippen molar-refractivity contribution in [3.05, 3.63) is 59.7 Å². The fourth-order valence-corrected chi connectivity index (χ4v) is 3.41. The van der Waals surface area contributed by atoms with Crippen LogP contribution in [0.4, 0.5) is 0 Å². The molecule has 0 radical (unpaired) electrons. The minimum atomic E-state index is -0.111. The van der Waals surface area contributed by atoms with E-state index in [0.717, 1.165) is 44.3 Å². The predicted molar refractivity (Wildman–Crippen MR) is 104 cm³/mol. The van der Waals surface area contributed by atoms with E-state index in [0.29, 0.717) is 5.75 Å². The monoisotopic (exact) mass is 352 g/mol. The van der Waals surface area contributed by atoms with Crippen LogP contribution in [-0.2, 0) is 17.6 Å². The number of carbonyl (C=O) groups is 1. The third-order valence-corrected chi connectivity index (χ3v) is 5.19. The quantitative estimate of drug-likeness (QED) is 0.519. The summed E-state index contributed by atoms with van der Waals surface area (Å²) in [5.41, 5.74) is 2.56. The maximum absolute atomic E-state index is 12.4. The zero-order chi connectivity index (χ0) is 18.4. The molecule has 0 bridgehead atoms. The molecular formula is C23H28O3. The van der Waals surface area contributed by atoms with Gasteiger partial charge in [-0.15, -0.1) is 0 Å². The summed E-state index contributed by atoms with van der Waals surface area (Å²) in [5, 5.41) is 0. The summed E-state index contributed by atoms with van der Waals surface area (Å²) in [7, 11) is 0. The standard InChI is InChI=1S/C23H28O3/c1-3-17-5-11-20(12-6-17)25-21-15-9-19(10-16-21)23(24)26-22-13-7-18(4-2)8-14-22/h5-8,11-14,19,21H,3-4,9-10,15-16H2,1-2H3. The molecule has 1 aliphatic rings. The molecule has 26 heavy (non-hydrogen) atoms.